The summed E-state index contributed by atoms with van der Waals surface area (Å²) in [7, 11) is 3.76. The number of rotatable bonds is 3. The number of anilines is 1. The molecule has 2 aromatic rings. The van der Waals surface area contributed by atoms with Gasteiger partial charge in [-0.2, -0.15) is 4.98 Å². The van der Waals surface area contributed by atoms with Gasteiger partial charge in [-0.1, -0.05) is 30.3 Å². The molecular formula is C14H17N3O. The van der Waals surface area contributed by atoms with E-state index < -0.39 is 0 Å². The third kappa shape index (κ3) is 2.59. The molecule has 4 nitrogen and oxygen atoms in total. The van der Waals surface area contributed by atoms with Crippen molar-refractivity contribution in [3.05, 3.63) is 58.1 Å². The first-order valence-corrected chi connectivity index (χ1v) is 5.87. The van der Waals surface area contributed by atoms with Gasteiger partial charge in [0.15, 0.2) is 0 Å². The Hall–Kier alpha value is -2.10. The summed E-state index contributed by atoms with van der Waals surface area (Å²) in [6, 6.07) is 11.8. The van der Waals surface area contributed by atoms with Crippen LogP contribution in [0.3, 0.4) is 0 Å². The van der Waals surface area contributed by atoms with Crippen molar-refractivity contribution in [1.82, 2.24) is 9.55 Å². The molecule has 0 bridgehead atoms. The maximum Gasteiger partial charge on any atom is 0.350 e. The summed E-state index contributed by atoms with van der Waals surface area (Å²) in [5.74, 6) is 0.696. The maximum absolute atomic E-state index is 12.0. The van der Waals surface area contributed by atoms with Gasteiger partial charge in [-0.15, -0.1) is 0 Å². The van der Waals surface area contributed by atoms with Crippen LogP contribution in [-0.2, 0) is 6.54 Å². The zero-order valence-electron chi connectivity index (χ0n) is 10.9. The summed E-state index contributed by atoms with van der Waals surface area (Å²) in [6.07, 6.45) is 0. The largest absolute Gasteiger partial charge is 0.363 e. The highest BCUT2D eigenvalue weighted by Crippen LogP contribution is 2.08. The Balaban J connectivity index is 2.38. The Morgan fingerprint density at radius 3 is 2.44 bits per heavy atom. The first-order valence-electron chi connectivity index (χ1n) is 5.87. The van der Waals surface area contributed by atoms with Crippen LogP contribution in [0.15, 0.2) is 41.2 Å². The molecule has 94 valence electrons. The third-order valence-electron chi connectivity index (χ3n) is 2.85. The lowest BCUT2D eigenvalue weighted by Crippen LogP contribution is -2.28. The molecule has 1 aromatic carbocycles. The van der Waals surface area contributed by atoms with Crippen LogP contribution in [0.2, 0.25) is 0 Å². The molecular weight excluding hydrogens is 226 g/mol. The predicted octanol–water partition coefficient (Wildman–Crippen LogP) is 1.67. The molecule has 0 aliphatic carbocycles. The number of hydrogen-bond donors (Lipinski definition) is 0. The lowest BCUT2D eigenvalue weighted by atomic mass is 10.2. The molecule has 0 saturated carbocycles. The van der Waals surface area contributed by atoms with Crippen molar-refractivity contribution < 1.29 is 0 Å². The smallest absolute Gasteiger partial charge is 0.350 e. The van der Waals surface area contributed by atoms with Crippen molar-refractivity contribution in [3.63, 3.8) is 0 Å². The summed E-state index contributed by atoms with van der Waals surface area (Å²) in [6.45, 7) is 2.49. The molecule has 18 heavy (non-hydrogen) atoms. The molecule has 0 atom stereocenters. The molecule has 1 heterocycles. The quantitative estimate of drug-likeness (QED) is 0.823. The fourth-order valence-corrected chi connectivity index (χ4v) is 1.79. The van der Waals surface area contributed by atoms with Gasteiger partial charge in [0.25, 0.3) is 0 Å². The van der Waals surface area contributed by atoms with Gasteiger partial charge in [0.1, 0.15) is 5.82 Å². The molecule has 0 spiro atoms. The van der Waals surface area contributed by atoms with Crippen molar-refractivity contribution in [2.75, 3.05) is 19.0 Å². The Morgan fingerprint density at radius 1 is 1.22 bits per heavy atom. The van der Waals surface area contributed by atoms with Gasteiger partial charge in [0.2, 0.25) is 0 Å². The van der Waals surface area contributed by atoms with Crippen LogP contribution in [-0.4, -0.2) is 23.6 Å². The summed E-state index contributed by atoms with van der Waals surface area (Å²) in [4.78, 5) is 17.9. The number of aromatic nitrogens is 2. The summed E-state index contributed by atoms with van der Waals surface area (Å²) >= 11 is 0. The van der Waals surface area contributed by atoms with Crippen LogP contribution in [0.5, 0.6) is 0 Å². The minimum atomic E-state index is -0.206. The first-order chi connectivity index (χ1) is 8.58. The van der Waals surface area contributed by atoms with Crippen LogP contribution in [0.4, 0.5) is 5.82 Å². The Morgan fingerprint density at radius 2 is 1.89 bits per heavy atom. The van der Waals surface area contributed by atoms with E-state index in [1.54, 1.807) is 4.57 Å². The predicted molar refractivity (Wildman–Crippen MR) is 73.1 cm³/mol. The fraction of sp³-hybridized carbons (Fsp3) is 0.286. The lowest BCUT2D eigenvalue weighted by Gasteiger charge is -2.15. The molecule has 0 N–H and O–H groups in total. The monoisotopic (exact) mass is 243 g/mol. The van der Waals surface area contributed by atoms with Gasteiger partial charge in [-0.3, -0.25) is 4.57 Å². The normalized spacial score (nSPS) is 10.4. The molecule has 0 unspecified atom stereocenters. The third-order valence-corrected chi connectivity index (χ3v) is 2.85. The van der Waals surface area contributed by atoms with Crippen LogP contribution in [0.25, 0.3) is 0 Å². The fourth-order valence-electron chi connectivity index (χ4n) is 1.79. The van der Waals surface area contributed by atoms with Crippen LogP contribution >= 0.6 is 0 Å². The number of nitrogens with zero attached hydrogens (tertiary/aromatic N) is 3. The Kier molecular flexibility index (Phi) is 3.46. The highest BCUT2D eigenvalue weighted by Gasteiger charge is 2.06. The van der Waals surface area contributed by atoms with E-state index in [1.165, 1.54) is 0 Å². The average Bonchev–Trinajstić information content (AvgIpc) is 2.34. The van der Waals surface area contributed by atoms with Crippen molar-refractivity contribution >= 4 is 5.82 Å². The molecule has 0 aliphatic rings. The zero-order valence-corrected chi connectivity index (χ0v) is 10.9. The van der Waals surface area contributed by atoms with E-state index in [9.17, 15) is 4.79 Å². The summed E-state index contributed by atoms with van der Waals surface area (Å²) in [5.41, 5.74) is 1.81. The standard InChI is InChI=1S/C14H17N3O/c1-11-9-13(16(2)3)15-14(18)17(11)10-12-7-5-4-6-8-12/h4-9H,10H2,1-3H3. The Labute approximate surface area is 107 Å². The molecule has 1 aromatic heterocycles. The molecule has 0 amide bonds. The number of hydrogen-bond acceptors (Lipinski definition) is 3. The highest BCUT2D eigenvalue weighted by molar-refractivity contribution is 5.36. The molecule has 0 aliphatic heterocycles. The van der Waals surface area contributed by atoms with E-state index in [4.69, 9.17) is 0 Å². The number of aryl methyl sites for hydroxylation is 1. The van der Waals surface area contributed by atoms with Crippen molar-refractivity contribution in [3.8, 4) is 0 Å². The Bertz CT molecular complexity index is 588. The molecule has 4 heteroatoms. The van der Waals surface area contributed by atoms with E-state index >= 15 is 0 Å². The summed E-state index contributed by atoms with van der Waals surface area (Å²) in [5, 5.41) is 0. The minimum Gasteiger partial charge on any atom is -0.363 e. The van der Waals surface area contributed by atoms with Crippen LogP contribution in [0, 0.1) is 6.92 Å². The van der Waals surface area contributed by atoms with Gasteiger partial charge in [-0.25, -0.2) is 4.79 Å². The average molecular weight is 243 g/mol. The zero-order chi connectivity index (χ0) is 13.1. The van der Waals surface area contributed by atoms with E-state index in [0.29, 0.717) is 12.4 Å². The first kappa shape index (κ1) is 12.4. The second-order valence-electron chi connectivity index (χ2n) is 4.50. The van der Waals surface area contributed by atoms with E-state index in [1.807, 2.05) is 62.3 Å². The second kappa shape index (κ2) is 5.04. The van der Waals surface area contributed by atoms with Gasteiger partial charge in [0, 0.05) is 25.9 Å². The van der Waals surface area contributed by atoms with Gasteiger partial charge in [0.05, 0.1) is 6.54 Å². The van der Waals surface area contributed by atoms with Gasteiger partial charge < -0.3 is 4.90 Å². The highest BCUT2D eigenvalue weighted by atomic mass is 16.1. The summed E-state index contributed by atoms with van der Waals surface area (Å²) < 4.78 is 1.68. The van der Waals surface area contributed by atoms with E-state index in [0.717, 1.165) is 11.3 Å². The SMILES string of the molecule is Cc1cc(N(C)C)nc(=O)n1Cc1ccccc1. The topological polar surface area (TPSA) is 38.1 Å². The van der Waals surface area contributed by atoms with Gasteiger partial charge in [-0.05, 0) is 12.5 Å². The van der Waals surface area contributed by atoms with Crippen LogP contribution in [0.1, 0.15) is 11.3 Å². The van der Waals surface area contributed by atoms with Crippen molar-refractivity contribution in [2.45, 2.75) is 13.5 Å². The molecule has 2 rings (SSSR count). The molecule has 0 saturated heterocycles. The second-order valence-corrected chi connectivity index (χ2v) is 4.50. The number of benzene rings is 1. The van der Waals surface area contributed by atoms with E-state index in [-0.39, 0.29) is 5.69 Å². The maximum atomic E-state index is 12.0. The van der Waals surface area contributed by atoms with Crippen molar-refractivity contribution in [2.24, 2.45) is 0 Å². The van der Waals surface area contributed by atoms with Crippen molar-refractivity contribution in [1.29, 1.82) is 0 Å². The van der Waals surface area contributed by atoms with E-state index in [2.05, 4.69) is 4.98 Å². The molecule has 0 radical (unpaired) electrons. The lowest BCUT2D eigenvalue weighted by molar-refractivity contribution is 0.698. The minimum absolute atomic E-state index is 0.206. The molecule has 0 fully saturated rings. The van der Waals surface area contributed by atoms with Gasteiger partial charge >= 0.3 is 5.69 Å². The van der Waals surface area contributed by atoms with Crippen LogP contribution < -0.4 is 10.6 Å².